The molecule has 1 atom stereocenters. The molecular weight excluding hydrogens is 272 g/mol. The van der Waals surface area contributed by atoms with Crippen LogP contribution in [0.5, 0.6) is 0 Å². The Kier molecular flexibility index (Phi) is 5.94. The summed E-state index contributed by atoms with van der Waals surface area (Å²) in [6.45, 7) is 4.51. The monoisotopic (exact) mass is 296 g/mol. The first-order valence-electron chi connectivity index (χ1n) is 7.50. The van der Waals surface area contributed by atoms with Gasteiger partial charge in [-0.2, -0.15) is 15.0 Å². The molecule has 4 N–H and O–H groups in total. The minimum Gasteiger partial charge on any atom is -0.394 e. The molecule has 8 heteroatoms. The van der Waals surface area contributed by atoms with E-state index in [4.69, 9.17) is 5.11 Å². The van der Waals surface area contributed by atoms with Crippen LogP contribution in [0.1, 0.15) is 26.2 Å². The molecule has 1 aliphatic heterocycles. The lowest BCUT2D eigenvalue weighted by Crippen LogP contribution is -2.32. The second-order valence-corrected chi connectivity index (χ2v) is 5.08. The van der Waals surface area contributed by atoms with Crippen molar-refractivity contribution in [3.8, 4) is 0 Å². The average molecular weight is 296 g/mol. The van der Waals surface area contributed by atoms with Crippen LogP contribution in [-0.4, -0.2) is 64.1 Å². The van der Waals surface area contributed by atoms with Crippen molar-refractivity contribution in [3.63, 3.8) is 0 Å². The Morgan fingerprint density at radius 1 is 1.10 bits per heavy atom. The Balaban J connectivity index is 2.12. The van der Waals surface area contributed by atoms with Crippen LogP contribution >= 0.6 is 0 Å². The summed E-state index contributed by atoms with van der Waals surface area (Å²) >= 11 is 0. The van der Waals surface area contributed by atoms with Gasteiger partial charge in [-0.15, -0.1) is 0 Å². The molecule has 2 heterocycles. The highest BCUT2D eigenvalue weighted by Gasteiger charge is 2.16. The number of anilines is 3. The molecule has 1 aliphatic rings. The zero-order valence-electron chi connectivity index (χ0n) is 12.4. The van der Waals surface area contributed by atoms with Gasteiger partial charge in [0.25, 0.3) is 0 Å². The third-order valence-electron chi connectivity index (χ3n) is 3.30. The molecule has 0 aromatic carbocycles. The van der Waals surface area contributed by atoms with Crippen molar-refractivity contribution in [1.82, 2.24) is 15.0 Å². The van der Waals surface area contributed by atoms with Crippen LogP contribution in [0.15, 0.2) is 0 Å². The molecular formula is C13H24N6O2. The van der Waals surface area contributed by atoms with Gasteiger partial charge in [-0.1, -0.05) is 0 Å². The molecule has 2 rings (SSSR count). The molecule has 1 fully saturated rings. The van der Waals surface area contributed by atoms with Gasteiger partial charge in [0, 0.05) is 26.2 Å². The van der Waals surface area contributed by atoms with Crippen LogP contribution in [-0.2, 0) is 0 Å². The summed E-state index contributed by atoms with van der Waals surface area (Å²) in [6.07, 6.45) is 2.71. The first-order valence-corrected chi connectivity index (χ1v) is 7.50. The summed E-state index contributed by atoms with van der Waals surface area (Å²) < 4.78 is 0. The largest absolute Gasteiger partial charge is 0.394 e. The number of nitrogens with one attached hydrogen (secondary N) is 2. The predicted octanol–water partition coefficient (Wildman–Crippen LogP) is 0.0588. The van der Waals surface area contributed by atoms with Crippen molar-refractivity contribution in [2.75, 3.05) is 48.3 Å². The van der Waals surface area contributed by atoms with Gasteiger partial charge >= 0.3 is 0 Å². The normalized spacial score (nSPS) is 16.6. The van der Waals surface area contributed by atoms with Crippen LogP contribution < -0.4 is 15.5 Å². The maximum absolute atomic E-state index is 9.40. The molecule has 1 aromatic heterocycles. The van der Waals surface area contributed by atoms with E-state index in [9.17, 15) is 5.11 Å². The van der Waals surface area contributed by atoms with E-state index in [-0.39, 0.29) is 13.2 Å². The molecule has 118 valence electrons. The van der Waals surface area contributed by atoms with Crippen LogP contribution in [0.3, 0.4) is 0 Å². The van der Waals surface area contributed by atoms with Crippen LogP contribution in [0.25, 0.3) is 0 Å². The predicted molar refractivity (Wildman–Crippen MR) is 81.6 cm³/mol. The number of rotatable bonds is 7. The number of aromatic nitrogens is 3. The smallest absolute Gasteiger partial charge is 0.231 e. The SMILES string of the molecule is CCNc1nc(NCC(O)CO)nc(N2CCCCC2)n1. The number of hydrogen-bond donors (Lipinski definition) is 4. The van der Waals surface area contributed by atoms with Gasteiger partial charge in [-0.25, -0.2) is 0 Å². The topological polar surface area (TPSA) is 106 Å². The molecule has 0 aliphatic carbocycles. The van der Waals surface area contributed by atoms with Gasteiger partial charge in [0.15, 0.2) is 0 Å². The zero-order chi connectivity index (χ0) is 15.1. The summed E-state index contributed by atoms with van der Waals surface area (Å²) in [7, 11) is 0. The number of piperidine rings is 1. The highest BCUT2D eigenvalue weighted by atomic mass is 16.3. The number of aliphatic hydroxyl groups is 2. The average Bonchev–Trinajstić information content (AvgIpc) is 2.53. The maximum atomic E-state index is 9.40. The molecule has 0 radical (unpaired) electrons. The lowest BCUT2D eigenvalue weighted by atomic mass is 10.1. The maximum Gasteiger partial charge on any atom is 0.231 e. The molecule has 0 saturated carbocycles. The minimum absolute atomic E-state index is 0.200. The Labute approximate surface area is 124 Å². The lowest BCUT2D eigenvalue weighted by Gasteiger charge is -2.27. The van der Waals surface area contributed by atoms with Crippen LogP contribution in [0.2, 0.25) is 0 Å². The van der Waals surface area contributed by atoms with Crippen molar-refractivity contribution >= 4 is 17.8 Å². The summed E-state index contributed by atoms with van der Waals surface area (Å²) in [5, 5.41) is 24.3. The fraction of sp³-hybridized carbons (Fsp3) is 0.769. The summed E-state index contributed by atoms with van der Waals surface area (Å²) in [6, 6.07) is 0. The van der Waals surface area contributed by atoms with Gasteiger partial charge in [0.05, 0.1) is 12.7 Å². The Bertz CT molecular complexity index is 439. The fourth-order valence-corrected chi connectivity index (χ4v) is 2.19. The quantitative estimate of drug-likeness (QED) is 0.559. The van der Waals surface area contributed by atoms with E-state index in [1.807, 2.05) is 6.92 Å². The molecule has 0 spiro atoms. The Hall–Kier alpha value is -1.67. The summed E-state index contributed by atoms with van der Waals surface area (Å²) in [5.41, 5.74) is 0. The van der Waals surface area contributed by atoms with Crippen molar-refractivity contribution in [1.29, 1.82) is 0 Å². The van der Waals surface area contributed by atoms with Crippen molar-refractivity contribution in [3.05, 3.63) is 0 Å². The van der Waals surface area contributed by atoms with Gasteiger partial charge in [0.1, 0.15) is 0 Å². The lowest BCUT2D eigenvalue weighted by molar-refractivity contribution is 0.105. The van der Waals surface area contributed by atoms with E-state index in [1.54, 1.807) is 0 Å². The van der Waals surface area contributed by atoms with Gasteiger partial charge in [0.2, 0.25) is 17.8 Å². The van der Waals surface area contributed by atoms with E-state index in [0.29, 0.717) is 17.8 Å². The molecule has 0 bridgehead atoms. The summed E-state index contributed by atoms with van der Waals surface area (Å²) in [4.78, 5) is 15.3. The van der Waals surface area contributed by atoms with E-state index < -0.39 is 6.10 Å². The molecule has 1 saturated heterocycles. The number of aliphatic hydroxyl groups excluding tert-OH is 2. The number of hydrogen-bond acceptors (Lipinski definition) is 8. The highest BCUT2D eigenvalue weighted by molar-refractivity contribution is 5.44. The van der Waals surface area contributed by atoms with Gasteiger partial charge in [-0.05, 0) is 26.2 Å². The summed E-state index contributed by atoms with van der Waals surface area (Å²) in [5.74, 6) is 1.59. The van der Waals surface area contributed by atoms with Crippen molar-refractivity contribution < 1.29 is 10.2 Å². The molecule has 8 nitrogen and oxygen atoms in total. The van der Waals surface area contributed by atoms with Crippen LogP contribution in [0, 0.1) is 0 Å². The molecule has 1 unspecified atom stereocenters. The second kappa shape index (κ2) is 7.94. The Morgan fingerprint density at radius 2 is 1.76 bits per heavy atom. The van der Waals surface area contributed by atoms with Gasteiger partial charge < -0.3 is 25.7 Å². The minimum atomic E-state index is -0.831. The van der Waals surface area contributed by atoms with E-state index >= 15 is 0 Å². The van der Waals surface area contributed by atoms with Crippen LogP contribution in [0.4, 0.5) is 17.8 Å². The second-order valence-electron chi connectivity index (χ2n) is 5.08. The third-order valence-corrected chi connectivity index (χ3v) is 3.30. The first kappa shape index (κ1) is 15.7. The molecule has 1 aromatic rings. The standard InChI is InChI=1S/C13H24N6O2/c1-2-14-11-16-12(15-8-10(21)9-20)18-13(17-11)19-6-4-3-5-7-19/h10,20-21H,2-9H2,1H3,(H2,14,15,16,17,18). The van der Waals surface area contributed by atoms with E-state index in [1.165, 1.54) is 6.42 Å². The zero-order valence-corrected chi connectivity index (χ0v) is 12.4. The van der Waals surface area contributed by atoms with Crippen molar-refractivity contribution in [2.45, 2.75) is 32.3 Å². The molecule has 21 heavy (non-hydrogen) atoms. The first-order chi connectivity index (χ1) is 10.2. The number of nitrogens with zero attached hydrogens (tertiary/aromatic N) is 4. The van der Waals surface area contributed by atoms with Gasteiger partial charge in [-0.3, -0.25) is 0 Å². The van der Waals surface area contributed by atoms with E-state index in [0.717, 1.165) is 32.5 Å². The highest BCUT2D eigenvalue weighted by Crippen LogP contribution is 2.18. The van der Waals surface area contributed by atoms with E-state index in [2.05, 4.69) is 30.5 Å². The third kappa shape index (κ3) is 4.68. The molecule has 0 amide bonds. The Morgan fingerprint density at radius 3 is 2.38 bits per heavy atom. The van der Waals surface area contributed by atoms with Crippen molar-refractivity contribution in [2.24, 2.45) is 0 Å². The fourth-order valence-electron chi connectivity index (χ4n) is 2.19.